The van der Waals surface area contributed by atoms with Gasteiger partial charge in [-0.3, -0.25) is 0 Å². The van der Waals surface area contributed by atoms with Gasteiger partial charge in [-0.05, 0) is 55.9 Å². The monoisotopic (exact) mass is 327 g/mol. The Hall–Kier alpha value is -0.580. The van der Waals surface area contributed by atoms with Crippen LogP contribution in [0.25, 0.3) is 0 Å². The molecule has 1 atom stereocenters. The summed E-state index contributed by atoms with van der Waals surface area (Å²) in [6.45, 7) is 5.87. The fourth-order valence-electron chi connectivity index (χ4n) is 2.00. The smallest absolute Gasteiger partial charge is 0.0945 e. The number of aryl methyl sites for hydroxylation is 2. The first-order chi connectivity index (χ1) is 9.06. The highest BCUT2D eigenvalue weighted by atomic mass is 79.9. The van der Waals surface area contributed by atoms with Crippen molar-refractivity contribution in [2.75, 3.05) is 25.1 Å². The van der Waals surface area contributed by atoms with Crippen molar-refractivity contribution in [1.29, 1.82) is 0 Å². The average molecular weight is 328 g/mol. The van der Waals surface area contributed by atoms with Crippen LogP contribution < -0.4 is 5.32 Å². The molecule has 1 aromatic rings. The zero-order chi connectivity index (χ0) is 13.8. The molecular weight excluding hydrogens is 306 g/mol. The van der Waals surface area contributed by atoms with Gasteiger partial charge in [-0.15, -0.1) is 0 Å². The number of aliphatic hydroxyl groups is 1. The van der Waals surface area contributed by atoms with Gasteiger partial charge < -0.3 is 15.2 Å². The van der Waals surface area contributed by atoms with E-state index >= 15 is 0 Å². The highest BCUT2D eigenvalue weighted by Crippen LogP contribution is 2.28. The third-order valence-electron chi connectivity index (χ3n) is 3.34. The second kappa shape index (κ2) is 6.73. The summed E-state index contributed by atoms with van der Waals surface area (Å²) in [4.78, 5) is 0. The standard InChI is InChI=1S/C15H22BrNO2/c1-10-5-13(6-11(2)15(10)16)17-7-14(18)9-19-8-12-3-4-12/h5-6,12,14,17-18H,3-4,7-9H2,1-2H3. The third-order valence-corrected chi connectivity index (χ3v) is 4.59. The van der Waals surface area contributed by atoms with Gasteiger partial charge in [0.2, 0.25) is 0 Å². The van der Waals surface area contributed by atoms with Crippen LogP contribution in [-0.2, 0) is 4.74 Å². The maximum absolute atomic E-state index is 9.84. The molecule has 1 aliphatic rings. The Morgan fingerprint density at radius 3 is 2.58 bits per heavy atom. The van der Waals surface area contributed by atoms with Gasteiger partial charge in [-0.1, -0.05) is 15.9 Å². The Kier molecular flexibility index (Phi) is 5.25. The molecule has 1 fully saturated rings. The van der Waals surface area contributed by atoms with Crippen LogP contribution in [0.1, 0.15) is 24.0 Å². The second-order valence-electron chi connectivity index (χ2n) is 5.44. The number of aliphatic hydroxyl groups excluding tert-OH is 1. The van der Waals surface area contributed by atoms with E-state index in [1.165, 1.54) is 24.0 Å². The Balaban J connectivity index is 1.74. The van der Waals surface area contributed by atoms with Gasteiger partial charge in [-0.25, -0.2) is 0 Å². The number of nitrogens with one attached hydrogen (secondary N) is 1. The van der Waals surface area contributed by atoms with E-state index in [1.54, 1.807) is 0 Å². The molecule has 0 aliphatic heterocycles. The van der Waals surface area contributed by atoms with E-state index < -0.39 is 6.10 Å². The number of benzene rings is 1. The molecule has 1 aromatic carbocycles. The molecule has 2 N–H and O–H groups in total. The molecule has 0 radical (unpaired) electrons. The summed E-state index contributed by atoms with van der Waals surface area (Å²) in [6.07, 6.45) is 2.11. The van der Waals surface area contributed by atoms with Crippen molar-refractivity contribution >= 4 is 21.6 Å². The third kappa shape index (κ3) is 4.79. The first kappa shape index (κ1) is 14.8. The van der Waals surface area contributed by atoms with Gasteiger partial charge in [0.1, 0.15) is 0 Å². The highest BCUT2D eigenvalue weighted by molar-refractivity contribution is 9.10. The largest absolute Gasteiger partial charge is 0.389 e. The number of anilines is 1. The number of rotatable bonds is 7. The van der Waals surface area contributed by atoms with E-state index in [-0.39, 0.29) is 0 Å². The molecule has 1 saturated carbocycles. The van der Waals surface area contributed by atoms with Crippen molar-refractivity contribution in [1.82, 2.24) is 0 Å². The van der Waals surface area contributed by atoms with E-state index in [2.05, 4.69) is 47.2 Å². The molecule has 1 aliphatic carbocycles. The van der Waals surface area contributed by atoms with Crippen molar-refractivity contribution in [3.8, 4) is 0 Å². The topological polar surface area (TPSA) is 41.5 Å². The summed E-state index contributed by atoms with van der Waals surface area (Å²) in [5.74, 6) is 0.747. The Morgan fingerprint density at radius 1 is 1.37 bits per heavy atom. The minimum Gasteiger partial charge on any atom is -0.389 e. The van der Waals surface area contributed by atoms with E-state index in [0.29, 0.717) is 13.2 Å². The highest BCUT2D eigenvalue weighted by Gasteiger charge is 2.21. The predicted octanol–water partition coefficient (Wildman–Crippen LogP) is 3.27. The fourth-order valence-corrected chi connectivity index (χ4v) is 2.23. The molecule has 106 valence electrons. The zero-order valence-corrected chi connectivity index (χ0v) is 13.2. The lowest BCUT2D eigenvalue weighted by Gasteiger charge is -2.14. The summed E-state index contributed by atoms with van der Waals surface area (Å²) < 4.78 is 6.62. The van der Waals surface area contributed by atoms with Gasteiger partial charge >= 0.3 is 0 Å². The molecule has 4 heteroatoms. The van der Waals surface area contributed by atoms with Gasteiger partial charge in [-0.2, -0.15) is 0 Å². The molecule has 0 heterocycles. The van der Waals surface area contributed by atoms with Crippen LogP contribution in [-0.4, -0.2) is 31.0 Å². The van der Waals surface area contributed by atoms with E-state index in [4.69, 9.17) is 4.74 Å². The lowest BCUT2D eigenvalue weighted by Crippen LogP contribution is -2.25. The SMILES string of the molecule is Cc1cc(NCC(O)COCC2CC2)cc(C)c1Br. The molecule has 19 heavy (non-hydrogen) atoms. The first-order valence-corrected chi connectivity index (χ1v) is 7.62. The molecule has 0 saturated heterocycles. The molecule has 0 aromatic heterocycles. The van der Waals surface area contributed by atoms with E-state index in [0.717, 1.165) is 22.7 Å². The zero-order valence-electron chi connectivity index (χ0n) is 11.6. The molecule has 0 bridgehead atoms. The van der Waals surface area contributed by atoms with Gasteiger partial charge in [0.15, 0.2) is 0 Å². The number of ether oxygens (including phenoxy) is 1. The van der Waals surface area contributed by atoms with Crippen LogP contribution >= 0.6 is 15.9 Å². The minimum absolute atomic E-state index is 0.415. The molecule has 1 unspecified atom stereocenters. The van der Waals surface area contributed by atoms with Crippen LogP contribution in [0.15, 0.2) is 16.6 Å². The number of hydrogen-bond acceptors (Lipinski definition) is 3. The molecular formula is C15H22BrNO2. The second-order valence-corrected chi connectivity index (χ2v) is 6.23. The predicted molar refractivity (Wildman–Crippen MR) is 81.7 cm³/mol. The van der Waals surface area contributed by atoms with Crippen LogP contribution in [0.2, 0.25) is 0 Å². The first-order valence-electron chi connectivity index (χ1n) is 6.82. The maximum atomic E-state index is 9.84. The van der Waals surface area contributed by atoms with Gasteiger partial charge in [0, 0.05) is 23.3 Å². The normalized spacial score (nSPS) is 16.4. The van der Waals surface area contributed by atoms with Crippen molar-refractivity contribution in [3.05, 3.63) is 27.7 Å². The minimum atomic E-state index is -0.456. The Morgan fingerprint density at radius 2 is 2.00 bits per heavy atom. The number of halogens is 1. The Bertz CT molecular complexity index is 409. The van der Waals surface area contributed by atoms with Crippen molar-refractivity contribution < 1.29 is 9.84 Å². The molecule has 0 amide bonds. The quantitative estimate of drug-likeness (QED) is 0.807. The van der Waals surface area contributed by atoms with Crippen LogP contribution in [0, 0.1) is 19.8 Å². The molecule has 2 rings (SSSR count). The van der Waals surface area contributed by atoms with Crippen molar-refractivity contribution in [3.63, 3.8) is 0 Å². The summed E-state index contributed by atoms with van der Waals surface area (Å²) >= 11 is 3.55. The van der Waals surface area contributed by atoms with Crippen LogP contribution in [0.5, 0.6) is 0 Å². The van der Waals surface area contributed by atoms with E-state index in [9.17, 15) is 5.11 Å². The van der Waals surface area contributed by atoms with Crippen molar-refractivity contribution in [2.45, 2.75) is 32.8 Å². The lowest BCUT2D eigenvalue weighted by atomic mass is 10.1. The summed E-state index contributed by atoms with van der Waals surface area (Å²) in [7, 11) is 0. The molecule has 3 nitrogen and oxygen atoms in total. The fraction of sp³-hybridized carbons (Fsp3) is 0.600. The maximum Gasteiger partial charge on any atom is 0.0945 e. The van der Waals surface area contributed by atoms with Crippen LogP contribution in [0.3, 0.4) is 0 Å². The van der Waals surface area contributed by atoms with Gasteiger partial charge in [0.05, 0.1) is 12.7 Å². The summed E-state index contributed by atoms with van der Waals surface area (Å²) in [5, 5.41) is 13.1. The summed E-state index contributed by atoms with van der Waals surface area (Å²) in [6, 6.07) is 4.16. The molecule has 0 spiro atoms. The average Bonchev–Trinajstić information content (AvgIpc) is 3.17. The van der Waals surface area contributed by atoms with Crippen molar-refractivity contribution in [2.24, 2.45) is 5.92 Å². The lowest BCUT2D eigenvalue weighted by molar-refractivity contribution is 0.0386. The van der Waals surface area contributed by atoms with E-state index in [1.807, 2.05) is 0 Å². The van der Waals surface area contributed by atoms with Gasteiger partial charge in [0.25, 0.3) is 0 Å². The Labute approximate surface area is 123 Å². The number of hydrogen-bond donors (Lipinski definition) is 2. The summed E-state index contributed by atoms with van der Waals surface area (Å²) in [5.41, 5.74) is 3.43. The van der Waals surface area contributed by atoms with Crippen LogP contribution in [0.4, 0.5) is 5.69 Å².